The average Bonchev–Trinajstić information content (AvgIpc) is 2.86. The third-order valence-electron chi connectivity index (χ3n) is 4.78. The fourth-order valence-electron chi connectivity index (χ4n) is 3.67. The largest absolute Gasteiger partial charge is 0.481 e. The third kappa shape index (κ3) is 3.51. The zero-order valence-corrected chi connectivity index (χ0v) is 12.8. The standard InChI is InChI=1S/C15H28N2O3/c1-3-17-8-4-6-13(17)10-16(2)11-15(14(18)19)7-5-9-20-12-15/h13H,3-12H2,1-2H3,(H,18,19). The molecule has 5 heteroatoms. The van der Waals surface area contributed by atoms with Crippen molar-refractivity contribution in [2.45, 2.75) is 38.6 Å². The van der Waals surface area contributed by atoms with Crippen molar-refractivity contribution in [2.24, 2.45) is 5.41 Å². The maximum absolute atomic E-state index is 11.7. The van der Waals surface area contributed by atoms with Gasteiger partial charge >= 0.3 is 5.97 Å². The topological polar surface area (TPSA) is 53.0 Å². The second-order valence-corrected chi connectivity index (χ2v) is 6.36. The molecule has 0 aromatic carbocycles. The first-order valence-corrected chi connectivity index (χ1v) is 7.81. The van der Waals surface area contributed by atoms with Gasteiger partial charge in [-0.3, -0.25) is 9.69 Å². The normalized spacial score (nSPS) is 31.9. The van der Waals surface area contributed by atoms with E-state index in [0.29, 0.717) is 25.8 Å². The molecule has 0 spiro atoms. The molecule has 2 aliphatic rings. The van der Waals surface area contributed by atoms with E-state index in [2.05, 4.69) is 16.7 Å². The maximum atomic E-state index is 11.7. The molecular weight excluding hydrogens is 256 g/mol. The Bertz CT molecular complexity index is 329. The number of rotatable bonds is 6. The van der Waals surface area contributed by atoms with E-state index in [0.717, 1.165) is 25.9 Å². The molecule has 0 amide bonds. The molecule has 0 aromatic heterocycles. The van der Waals surface area contributed by atoms with Crippen molar-refractivity contribution < 1.29 is 14.6 Å². The smallest absolute Gasteiger partial charge is 0.313 e. The highest BCUT2D eigenvalue weighted by Gasteiger charge is 2.42. The van der Waals surface area contributed by atoms with E-state index in [4.69, 9.17) is 4.74 Å². The van der Waals surface area contributed by atoms with Gasteiger partial charge in [0.1, 0.15) is 5.41 Å². The van der Waals surface area contributed by atoms with Gasteiger partial charge in [0.05, 0.1) is 6.61 Å². The molecule has 2 unspecified atom stereocenters. The molecule has 20 heavy (non-hydrogen) atoms. The fraction of sp³-hybridized carbons (Fsp3) is 0.933. The molecule has 116 valence electrons. The van der Waals surface area contributed by atoms with Crippen LogP contribution in [0.1, 0.15) is 32.6 Å². The van der Waals surface area contributed by atoms with Gasteiger partial charge in [-0.2, -0.15) is 0 Å². The first kappa shape index (κ1) is 15.7. The molecule has 2 heterocycles. The first-order valence-electron chi connectivity index (χ1n) is 7.81. The summed E-state index contributed by atoms with van der Waals surface area (Å²) >= 11 is 0. The summed E-state index contributed by atoms with van der Waals surface area (Å²) < 4.78 is 5.44. The fourth-order valence-corrected chi connectivity index (χ4v) is 3.67. The average molecular weight is 284 g/mol. The Morgan fingerprint density at radius 3 is 2.90 bits per heavy atom. The van der Waals surface area contributed by atoms with Crippen LogP contribution >= 0.6 is 0 Å². The molecule has 2 saturated heterocycles. The molecule has 2 rings (SSSR count). The van der Waals surface area contributed by atoms with Crippen molar-refractivity contribution >= 4 is 5.97 Å². The minimum atomic E-state index is -0.706. The number of nitrogens with zero attached hydrogens (tertiary/aromatic N) is 2. The molecule has 0 saturated carbocycles. The van der Waals surface area contributed by atoms with Gasteiger partial charge < -0.3 is 14.7 Å². The molecular formula is C15H28N2O3. The predicted octanol–water partition coefficient (Wildman–Crippen LogP) is 1.28. The zero-order valence-electron chi connectivity index (χ0n) is 12.8. The predicted molar refractivity (Wildman–Crippen MR) is 77.9 cm³/mol. The summed E-state index contributed by atoms with van der Waals surface area (Å²) in [4.78, 5) is 16.3. The summed E-state index contributed by atoms with van der Waals surface area (Å²) in [5.74, 6) is -0.706. The van der Waals surface area contributed by atoms with E-state index in [1.807, 2.05) is 7.05 Å². The van der Waals surface area contributed by atoms with Crippen molar-refractivity contribution in [3.8, 4) is 0 Å². The van der Waals surface area contributed by atoms with Gasteiger partial charge in [-0.25, -0.2) is 0 Å². The van der Waals surface area contributed by atoms with Crippen molar-refractivity contribution in [3.63, 3.8) is 0 Å². The summed E-state index contributed by atoms with van der Waals surface area (Å²) in [5.41, 5.74) is -0.706. The number of likely N-dealkylation sites (tertiary alicyclic amines) is 1. The number of carboxylic acid groups (broad SMARTS) is 1. The van der Waals surface area contributed by atoms with Crippen LogP contribution in [-0.2, 0) is 9.53 Å². The van der Waals surface area contributed by atoms with Crippen LogP contribution in [0.25, 0.3) is 0 Å². The van der Waals surface area contributed by atoms with Crippen molar-refractivity contribution in [3.05, 3.63) is 0 Å². The molecule has 2 aliphatic heterocycles. The van der Waals surface area contributed by atoms with E-state index in [1.54, 1.807) is 0 Å². The lowest BCUT2D eigenvalue weighted by Crippen LogP contribution is -2.49. The van der Waals surface area contributed by atoms with E-state index in [-0.39, 0.29) is 0 Å². The highest BCUT2D eigenvalue weighted by molar-refractivity contribution is 5.75. The quantitative estimate of drug-likeness (QED) is 0.796. The summed E-state index contributed by atoms with van der Waals surface area (Å²) in [5, 5.41) is 9.58. The summed E-state index contributed by atoms with van der Waals surface area (Å²) in [6.07, 6.45) is 4.08. The molecule has 2 fully saturated rings. The molecule has 0 bridgehead atoms. The van der Waals surface area contributed by atoms with Crippen LogP contribution in [0.5, 0.6) is 0 Å². The van der Waals surface area contributed by atoms with Crippen molar-refractivity contribution in [1.29, 1.82) is 0 Å². The summed E-state index contributed by atoms with van der Waals surface area (Å²) in [7, 11) is 2.05. The molecule has 1 N–H and O–H groups in total. The number of carbonyl (C=O) groups is 1. The Balaban J connectivity index is 1.91. The van der Waals surface area contributed by atoms with Crippen molar-refractivity contribution in [1.82, 2.24) is 9.80 Å². The second kappa shape index (κ2) is 6.87. The van der Waals surface area contributed by atoms with Crippen LogP contribution in [0.15, 0.2) is 0 Å². The Morgan fingerprint density at radius 2 is 2.30 bits per heavy atom. The highest BCUT2D eigenvalue weighted by Crippen LogP contribution is 2.30. The van der Waals surface area contributed by atoms with E-state index in [9.17, 15) is 9.90 Å². The third-order valence-corrected chi connectivity index (χ3v) is 4.78. The maximum Gasteiger partial charge on any atom is 0.313 e. The van der Waals surface area contributed by atoms with Crippen LogP contribution < -0.4 is 0 Å². The monoisotopic (exact) mass is 284 g/mol. The van der Waals surface area contributed by atoms with Gasteiger partial charge in [0.2, 0.25) is 0 Å². The molecule has 2 atom stereocenters. The van der Waals surface area contributed by atoms with Crippen LogP contribution in [-0.4, -0.2) is 73.4 Å². The summed E-state index contributed by atoms with van der Waals surface area (Å²) in [6, 6.07) is 0.584. The molecule has 5 nitrogen and oxygen atoms in total. The lowest BCUT2D eigenvalue weighted by Gasteiger charge is -2.37. The number of hydrogen-bond acceptors (Lipinski definition) is 4. The second-order valence-electron chi connectivity index (χ2n) is 6.36. The van der Waals surface area contributed by atoms with E-state index < -0.39 is 11.4 Å². The zero-order chi connectivity index (χ0) is 14.6. The van der Waals surface area contributed by atoms with Gasteiger partial charge in [0, 0.05) is 25.7 Å². The Morgan fingerprint density at radius 1 is 1.50 bits per heavy atom. The number of carboxylic acids is 1. The van der Waals surface area contributed by atoms with E-state index in [1.165, 1.54) is 19.4 Å². The number of likely N-dealkylation sites (N-methyl/N-ethyl adjacent to an activating group) is 2. The van der Waals surface area contributed by atoms with Gasteiger partial charge in [-0.1, -0.05) is 6.92 Å². The lowest BCUT2D eigenvalue weighted by atomic mass is 9.82. The lowest BCUT2D eigenvalue weighted by molar-refractivity contribution is -0.159. The number of hydrogen-bond donors (Lipinski definition) is 1. The van der Waals surface area contributed by atoms with Gasteiger partial charge in [-0.05, 0) is 45.8 Å². The van der Waals surface area contributed by atoms with Crippen LogP contribution in [0.2, 0.25) is 0 Å². The summed E-state index contributed by atoms with van der Waals surface area (Å²) in [6.45, 7) is 7.08. The van der Waals surface area contributed by atoms with Gasteiger partial charge in [-0.15, -0.1) is 0 Å². The van der Waals surface area contributed by atoms with Crippen LogP contribution in [0.4, 0.5) is 0 Å². The number of ether oxygens (including phenoxy) is 1. The highest BCUT2D eigenvalue weighted by atomic mass is 16.5. The minimum Gasteiger partial charge on any atom is -0.481 e. The SMILES string of the molecule is CCN1CCCC1CN(C)CC1(C(=O)O)CCCOC1. The van der Waals surface area contributed by atoms with Crippen molar-refractivity contribution in [2.75, 3.05) is 46.4 Å². The first-order chi connectivity index (χ1) is 9.57. The Hall–Kier alpha value is -0.650. The molecule has 0 radical (unpaired) electrons. The van der Waals surface area contributed by atoms with Crippen LogP contribution in [0, 0.1) is 5.41 Å². The van der Waals surface area contributed by atoms with Gasteiger partial charge in [0.15, 0.2) is 0 Å². The number of aliphatic carboxylic acids is 1. The van der Waals surface area contributed by atoms with E-state index >= 15 is 0 Å². The Kier molecular flexibility index (Phi) is 5.41. The Labute approximate surface area is 121 Å². The van der Waals surface area contributed by atoms with Gasteiger partial charge in [0.25, 0.3) is 0 Å². The molecule has 0 aliphatic carbocycles. The van der Waals surface area contributed by atoms with Crippen LogP contribution in [0.3, 0.4) is 0 Å². The minimum absolute atomic E-state index is 0.356. The molecule has 0 aromatic rings.